The van der Waals surface area contributed by atoms with Crippen LogP contribution in [-0.2, 0) is 10.3 Å². The molecule has 0 saturated carbocycles. The average molecular weight is 277 g/mol. The second-order valence-corrected chi connectivity index (χ2v) is 4.96. The third-order valence-electron chi connectivity index (χ3n) is 3.04. The molecule has 0 aliphatic heterocycles. The average Bonchev–Trinajstić information content (AvgIpc) is 2.89. The van der Waals surface area contributed by atoms with Gasteiger partial charge >= 0.3 is 0 Å². The van der Waals surface area contributed by atoms with E-state index in [1.165, 1.54) is 0 Å². The molecular weight excluding hydrogens is 258 g/mol. The summed E-state index contributed by atoms with van der Waals surface area (Å²) in [4.78, 5) is 4.34. The first-order valence-electron chi connectivity index (χ1n) is 6.25. The van der Waals surface area contributed by atoms with Gasteiger partial charge in [0.05, 0.1) is 13.7 Å². The second-order valence-electron chi connectivity index (χ2n) is 4.96. The number of ether oxygens (including phenoxy) is 2. The van der Waals surface area contributed by atoms with E-state index in [0.29, 0.717) is 18.3 Å². The first kappa shape index (κ1) is 14.5. The number of nitrogens with two attached hydrogens (primary N) is 1. The number of aryl methyl sites for hydroxylation is 1. The van der Waals surface area contributed by atoms with Crippen LogP contribution in [0.3, 0.4) is 0 Å². The maximum Gasteiger partial charge on any atom is 0.258 e. The van der Waals surface area contributed by atoms with Gasteiger partial charge in [-0.3, -0.25) is 0 Å². The Morgan fingerprint density at radius 1 is 1.35 bits per heavy atom. The van der Waals surface area contributed by atoms with Gasteiger partial charge in [-0.15, -0.1) is 0 Å². The van der Waals surface area contributed by atoms with Gasteiger partial charge < -0.3 is 19.7 Å². The zero-order valence-corrected chi connectivity index (χ0v) is 12.1. The van der Waals surface area contributed by atoms with Crippen molar-refractivity contribution in [2.45, 2.75) is 19.4 Å². The molecule has 0 aliphatic carbocycles. The van der Waals surface area contributed by atoms with Crippen molar-refractivity contribution in [1.29, 1.82) is 0 Å². The quantitative estimate of drug-likeness (QED) is 0.898. The zero-order valence-electron chi connectivity index (χ0n) is 12.1. The molecule has 1 atom stereocenters. The molecule has 0 spiro atoms. The Balaban J connectivity index is 2.33. The van der Waals surface area contributed by atoms with E-state index in [4.69, 9.17) is 19.7 Å². The molecule has 1 aromatic carbocycles. The first-order chi connectivity index (χ1) is 9.47. The van der Waals surface area contributed by atoms with E-state index >= 15 is 0 Å². The lowest BCUT2D eigenvalue weighted by atomic mass is 10.1. The molecular formula is C14H19N3O3. The zero-order chi connectivity index (χ0) is 14.8. The Kier molecular flexibility index (Phi) is 4.06. The Morgan fingerprint density at radius 2 is 2.10 bits per heavy atom. The van der Waals surface area contributed by atoms with Crippen molar-refractivity contribution in [3.8, 4) is 17.2 Å². The van der Waals surface area contributed by atoms with E-state index in [2.05, 4.69) is 10.1 Å². The number of benzene rings is 1. The topological polar surface area (TPSA) is 83.4 Å². The van der Waals surface area contributed by atoms with Crippen LogP contribution in [0.2, 0.25) is 0 Å². The van der Waals surface area contributed by atoms with Gasteiger partial charge in [-0.1, -0.05) is 11.2 Å². The summed E-state index contributed by atoms with van der Waals surface area (Å²) in [6, 6.07) is 5.70. The summed E-state index contributed by atoms with van der Waals surface area (Å²) in [5.41, 5.74) is 7.13. The number of rotatable bonds is 5. The smallest absolute Gasteiger partial charge is 0.258 e. The third-order valence-corrected chi connectivity index (χ3v) is 3.04. The molecule has 2 N–H and O–H groups in total. The molecule has 1 aromatic heterocycles. The fourth-order valence-electron chi connectivity index (χ4n) is 1.89. The van der Waals surface area contributed by atoms with Gasteiger partial charge in [-0.25, -0.2) is 0 Å². The molecule has 0 radical (unpaired) electrons. The Hall–Kier alpha value is -1.92. The lowest BCUT2D eigenvalue weighted by Gasteiger charge is -2.18. The maximum absolute atomic E-state index is 6.09. The van der Waals surface area contributed by atoms with Gasteiger partial charge in [0.1, 0.15) is 11.3 Å². The van der Waals surface area contributed by atoms with E-state index in [0.717, 1.165) is 16.9 Å². The van der Waals surface area contributed by atoms with Crippen LogP contribution < -0.4 is 10.5 Å². The molecule has 2 rings (SSSR count). The van der Waals surface area contributed by atoms with Crippen molar-refractivity contribution in [2.75, 3.05) is 20.8 Å². The van der Waals surface area contributed by atoms with E-state index in [1.54, 1.807) is 21.1 Å². The van der Waals surface area contributed by atoms with Crippen LogP contribution in [0.5, 0.6) is 5.75 Å². The fourth-order valence-corrected chi connectivity index (χ4v) is 1.89. The van der Waals surface area contributed by atoms with Crippen LogP contribution in [-0.4, -0.2) is 31.0 Å². The van der Waals surface area contributed by atoms with E-state index in [1.807, 2.05) is 25.1 Å². The highest BCUT2D eigenvalue weighted by molar-refractivity contribution is 5.57. The summed E-state index contributed by atoms with van der Waals surface area (Å²) in [5.74, 6) is 1.59. The number of aromatic nitrogens is 2. The summed E-state index contributed by atoms with van der Waals surface area (Å²) in [7, 11) is 3.21. The highest BCUT2D eigenvalue weighted by atomic mass is 16.5. The summed E-state index contributed by atoms with van der Waals surface area (Å²) >= 11 is 0. The summed E-state index contributed by atoms with van der Waals surface area (Å²) in [6.07, 6.45) is 0. The van der Waals surface area contributed by atoms with Gasteiger partial charge in [-0.2, -0.15) is 4.98 Å². The van der Waals surface area contributed by atoms with Crippen LogP contribution in [0.4, 0.5) is 0 Å². The minimum absolute atomic E-state index is 0.309. The molecule has 6 heteroatoms. The van der Waals surface area contributed by atoms with E-state index in [-0.39, 0.29) is 0 Å². The monoisotopic (exact) mass is 277 g/mol. The molecule has 108 valence electrons. The summed E-state index contributed by atoms with van der Waals surface area (Å²) < 4.78 is 15.6. The normalized spacial score (nSPS) is 14.1. The van der Waals surface area contributed by atoms with Crippen LogP contribution in [0.25, 0.3) is 11.5 Å². The van der Waals surface area contributed by atoms with E-state index < -0.39 is 5.54 Å². The third kappa shape index (κ3) is 2.81. The fraction of sp³-hybridized carbons (Fsp3) is 0.429. The highest BCUT2D eigenvalue weighted by Crippen LogP contribution is 2.27. The molecule has 0 aliphatic rings. The Bertz CT molecular complexity index is 593. The number of nitrogens with zero attached hydrogens (tertiary/aromatic N) is 2. The van der Waals surface area contributed by atoms with Gasteiger partial charge in [-0.05, 0) is 31.5 Å². The molecule has 0 saturated heterocycles. The minimum atomic E-state index is -0.786. The minimum Gasteiger partial charge on any atom is -0.496 e. The van der Waals surface area contributed by atoms with Gasteiger partial charge in [0.2, 0.25) is 0 Å². The summed E-state index contributed by atoms with van der Waals surface area (Å²) in [6.45, 7) is 4.07. The van der Waals surface area contributed by atoms with E-state index in [9.17, 15) is 0 Å². The first-order valence-corrected chi connectivity index (χ1v) is 6.25. The Morgan fingerprint density at radius 3 is 2.75 bits per heavy atom. The number of methoxy groups -OCH3 is 2. The van der Waals surface area contributed by atoms with Crippen LogP contribution in [0.1, 0.15) is 18.3 Å². The molecule has 20 heavy (non-hydrogen) atoms. The van der Waals surface area contributed by atoms with Crippen molar-refractivity contribution in [2.24, 2.45) is 5.73 Å². The Labute approximate surface area is 117 Å². The van der Waals surface area contributed by atoms with Gasteiger partial charge in [0, 0.05) is 12.7 Å². The molecule has 0 fully saturated rings. The van der Waals surface area contributed by atoms with Crippen LogP contribution >= 0.6 is 0 Å². The van der Waals surface area contributed by atoms with Crippen LogP contribution in [0, 0.1) is 6.92 Å². The predicted octanol–water partition coefficient (Wildman–Crippen LogP) is 1.87. The standard InChI is InChI=1S/C14H19N3O3/c1-9-5-6-10(7-11(9)19-4)12-16-13(17-20-12)14(2,15)8-18-3/h5-7H,8,15H2,1-4H3. The molecule has 6 nitrogen and oxygen atoms in total. The second kappa shape index (κ2) is 5.60. The molecule has 2 aromatic rings. The SMILES string of the molecule is COCC(C)(N)c1noc(-c2ccc(C)c(OC)c2)n1. The number of hydrogen-bond donors (Lipinski definition) is 1. The van der Waals surface area contributed by atoms with Crippen LogP contribution in [0.15, 0.2) is 22.7 Å². The summed E-state index contributed by atoms with van der Waals surface area (Å²) in [5, 5.41) is 3.93. The maximum atomic E-state index is 6.09. The molecule has 1 heterocycles. The predicted molar refractivity (Wildman–Crippen MR) is 74.4 cm³/mol. The van der Waals surface area contributed by atoms with Gasteiger partial charge in [0.25, 0.3) is 5.89 Å². The van der Waals surface area contributed by atoms with Crippen molar-refractivity contribution in [3.63, 3.8) is 0 Å². The largest absolute Gasteiger partial charge is 0.496 e. The van der Waals surface area contributed by atoms with Crippen molar-refractivity contribution in [1.82, 2.24) is 10.1 Å². The van der Waals surface area contributed by atoms with Crippen molar-refractivity contribution >= 4 is 0 Å². The van der Waals surface area contributed by atoms with Crippen molar-refractivity contribution < 1.29 is 14.0 Å². The lowest BCUT2D eigenvalue weighted by molar-refractivity contribution is 0.135. The van der Waals surface area contributed by atoms with Crippen molar-refractivity contribution in [3.05, 3.63) is 29.6 Å². The van der Waals surface area contributed by atoms with Gasteiger partial charge in [0.15, 0.2) is 5.82 Å². The number of hydrogen-bond acceptors (Lipinski definition) is 6. The molecule has 0 bridgehead atoms. The molecule has 0 amide bonds. The molecule has 1 unspecified atom stereocenters. The lowest BCUT2D eigenvalue weighted by Crippen LogP contribution is -2.38. The highest BCUT2D eigenvalue weighted by Gasteiger charge is 2.27.